The van der Waals surface area contributed by atoms with Gasteiger partial charge >= 0.3 is 0 Å². The fourth-order valence-corrected chi connectivity index (χ4v) is 2.17. The van der Waals surface area contributed by atoms with Crippen LogP contribution in [0.5, 0.6) is 0 Å². The smallest absolute Gasteiger partial charge is 0.0912 e. The van der Waals surface area contributed by atoms with E-state index >= 15 is 0 Å². The molecule has 112 valence electrons. The maximum absolute atomic E-state index is 8.22. The summed E-state index contributed by atoms with van der Waals surface area (Å²) >= 11 is 17.9. The average Bonchev–Trinajstić information content (AvgIpc) is 2.49. The fourth-order valence-electron chi connectivity index (χ4n) is 1.39. The van der Waals surface area contributed by atoms with Gasteiger partial charge in [-0.05, 0) is 79.4 Å². The highest BCUT2D eigenvalue weighted by Gasteiger charge is 1.89. The first-order valence-electron chi connectivity index (χ1n) is 6.11. The van der Waals surface area contributed by atoms with Crippen LogP contribution >= 0.6 is 55.1 Å². The molecule has 0 saturated heterocycles. The van der Waals surface area contributed by atoms with E-state index in [9.17, 15) is 0 Å². The van der Waals surface area contributed by atoms with Crippen LogP contribution < -0.4 is 0 Å². The molecule has 2 aromatic rings. The topological polar surface area (TPSA) is 23.8 Å². The summed E-state index contributed by atoms with van der Waals surface area (Å²) < 4.78 is 0.923. The zero-order valence-electron chi connectivity index (χ0n) is 11.3. The molecule has 1 nitrogen and oxygen atoms in total. The Hall–Kier alpha value is -1.05. The lowest BCUT2D eigenvalue weighted by molar-refractivity contribution is 1.54. The summed E-state index contributed by atoms with van der Waals surface area (Å²) in [7, 11) is 0. The molecule has 0 saturated carbocycles. The molecule has 0 aromatic heterocycles. The first-order valence-corrected chi connectivity index (χ1v) is 8.45. The Labute approximate surface area is 157 Å². The number of nitrogens with zero attached hydrogens (tertiary/aromatic N) is 1. The highest BCUT2D eigenvalue weighted by Crippen LogP contribution is 2.19. The molecule has 0 unspecified atom stereocenters. The molecule has 0 spiro atoms. The molecule has 22 heavy (non-hydrogen) atoms. The van der Waals surface area contributed by atoms with Crippen LogP contribution in [0.2, 0.25) is 10.0 Å². The van der Waals surface area contributed by atoms with Gasteiger partial charge in [0.15, 0.2) is 0 Å². The van der Waals surface area contributed by atoms with Crippen molar-refractivity contribution in [2.45, 2.75) is 0 Å². The SMILES string of the molecule is Clc1ccc(C=C(Br)Br)cc1.N#C/C=C/c1ccc(Cl)cc1. The average molecular weight is 460 g/mol. The maximum atomic E-state index is 8.22. The maximum Gasteiger partial charge on any atom is 0.0912 e. The van der Waals surface area contributed by atoms with Gasteiger partial charge in [-0.25, -0.2) is 0 Å². The van der Waals surface area contributed by atoms with Gasteiger partial charge in [0.05, 0.1) is 9.46 Å². The highest BCUT2D eigenvalue weighted by molar-refractivity contribution is 9.28. The Kier molecular flexibility index (Phi) is 9.19. The Balaban J connectivity index is 0.000000220. The van der Waals surface area contributed by atoms with Crippen molar-refractivity contribution in [2.75, 3.05) is 0 Å². The Morgan fingerprint density at radius 1 is 0.864 bits per heavy atom. The molecule has 0 atom stereocenters. The molecule has 0 aliphatic rings. The summed E-state index contributed by atoms with van der Waals surface area (Å²) in [6.07, 6.45) is 5.12. The Morgan fingerprint density at radius 3 is 1.73 bits per heavy atom. The van der Waals surface area contributed by atoms with Gasteiger partial charge in [-0.1, -0.05) is 47.5 Å². The van der Waals surface area contributed by atoms with Crippen LogP contribution in [0.4, 0.5) is 0 Å². The van der Waals surface area contributed by atoms with Gasteiger partial charge in [-0.2, -0.15) is 5.26 Å². The molecule has 0 radical (unpaired) electrons. The summed E-state index contributed by atoms with van der Waals surface area (Å²) in [5.41, 5.74) is 2.09. The summed E-state index contributed by atoms with van der Waals surface area (Å²) in [5, 5.41) is 9.68. The normalized spacial score (nSPS) is 9.59. The molecule has 0 fully saturated rings. The second kappa shape index (κ2) is 10.6. The molecule has 0 heterocycles. The van der Waals surface area contributed by atoms with Gasteiger partial charge in [-0.15, -0.1) is 0 Å². The van der Waals surface area contributed by atoms with Crippen molar-refractivity contribution in [1.82, 2.24) is 0 Å². The first-order chi connectivity index (χ1) is 10.5. The van der Waals surface area contributed by atoms with E-state index in [1.165, 1.54) is 6.08 Å². The summed E-state index contributed by atoms with van der Waals surface area (Å²) in [5.74, 6) is 0. The molecule has 0 bridgehead atoms. The van der Waals surface area contributed by atoms with E-state index in [0.29, 0.717) is 5.02 Å². The minimum atomic E-state index is 0.708. The molecule has 0 aliphatic carbocycles. The van der Waals surface area contributed by atoms with Gasteiger partial charge in [-0.3, -0.25) is 0 Å². The molecular formula is C17H11Br2Cl2N. The fraction of sp³-hybridized carbons (Fsp3) is 0. The summed E-state index contributed by atoms with van der Waals surface area (Å²) in [6.45, 7) is 0. The molecule has 2 aromatic carbocycles. The predicted octanol–water partition coefficient (Wildman–Crippen LogP) is 7.30. The largest absolute Gasteiger partial charge is 0.193 e. The van der Waals surface area contributed by atoms with Crippen molar-refractivity contribution >= 4 is 67.2 Å². The van der Waals surface area contributed by atoms with Crippen molar-refractivity contribution in [3.63, 3.8) is 0 Å². The Bertz CT molecular complexity index is 680. The lowest BCUT2D eigenvalue weighted by Crippen LogP contribution is -1.69. The predicted molar refractivity (Wildman–Crippen MR) is 103 cm³/mol. The van der Waals surface area contributed by atoms with Crippen LogP contribution in [0.3, 0.4) is 0 Å². The third-order valence-electron chi connectivity index (χ3n) is 2.37. The molecule has 0 amide bonds. The number of benzene rings is 2. The van der Waals surface area contributed by atoms with E-state index in [1.54, 1.807) is 18.2 Å². The number of nitriles is 1. The second-order valence-corrected chi connectivity index (χ2v) is 7.65. The van der Waals surface area contributed by atoms with Crippen LogP contribution in [0, 0.1) is 11.3 Å². The zero-order valence-corrected chi connectivity index (χ0v) is 16.0. The highest BCUT2D eigenvalue weighted by atomic mass is 79.9. The van der Waals surface area contributed by atoms with E-state index in [4.69, 9.17) is 28.5 Å². The van der Waals surface area contributed by atoms with Crippen molar-refractivity contribution in [3.05, 3.63) is 79.2 Å². The number of halogens is 4. The monoisotopic (exact) mass is 457 g/mol. The third kappa shape index (κ3) is 8.41. The minimum absolute atomic E-state index is 0.708. The van der Waals surface area contributed by atoms with E-state index < -0.39 is 0 Å². The van der Waals surface area contributed by atoms with Crippen LogP contribution in [0.1, 0.15) is 11.1 Å². The van der Waals surface area contributed by atoms with Crippen LogP contribution in [0.25, 0.3) is 12.2 Å². The molecule has 0 aliphatic heterocycles. The second-order valence-electron chi connectivity index (χ2n) is 4.00. The lowest BCUT2D eigenvalue weighted by Gasteiger charge is -1.92. The van der Waals surface area contributed by atoms with E-state index in [-0.39, 0.29) is 0 Å². The quantitative estimate of drug-likeness (QED) is 0.432. The Morgan fingerprint density at radius 2 is 1.32 bits per heavy atom. The van der Waals surface area contributed by atoms with Crippen LogP contribution in [0.15, 0.2) is 58.0 Å². The summed E-state index contributed by atoms with van der Waals surface area (Å²) in [6, 6.07) is 16.8. The van der Waals surface area contributed by atoms with Gasteiger partial charge in [0.1, 0.15) is 0 Å². The van der Waals surface area contributed by atoms with Crippen LogP contribution in [-0.4, -0.2) is 0 Å². The van der Waals surface area contributed by atoms with Gasteiger partial charge in [0, 0.05) is 16.1 Å². The third-order valence-corrected chi connectivity index (χ3v) is 3.33. The number of rotatable bonds is 2. The van der Waals surface area contributed by atoms with Crippen LogP contribution in [-0.2, 0) is 0 Å². The standard InChI is InChI=1S/C9H6ClN.C8H5Br2Cl/c10-9-5-3-8(4-6-9)2-1-7-11;9-8(10)5-6-1-3-7(11)4-2-6/h1-6H;1-5H/b2-1+;. The van der Waals surface area contributed by atoms with Crippen molar-refractivity contribution < 1.29 is 0 Å². The van der Waals surface area contributed by atoms with Crippen molar-refractivity contribution in [2.24, 2.45) is 0 Å². The van der Waals surface area contributed by atoms with Crippen molar-refractivity contribution in [1.29, 1.82) is 5.26 Å². The van der Waals surface area contributed by atoms with Gasteiger partial charge in [0.2, 0.25) is 0 Å². The zero-order chi connectivity index (χ0) is 16.4. The first kappa shape index (κ1) is 19.0. The van der Waals surface area contributed by atoms with E-state index in [0.717, 1.165) is 19.5 Å². The number of allylic oxidation sites excluding steroid dienone is 1. The minimum Gasteiger partial charge on any atom is -0.193 e. The lowest BCUT2D eigenvalue weighted by atomic mass is 10.2. The number of hydrogen-bond donors (Lipinski definition) is 0. The van der Waals surface area contributed by atoms with Gasteiger partial charge < -0.3 is 0 Å². The van der Waals surface area contributed by atoms with E-state index in [1.807, 2.05) is 48.5 Å². The molecule has 2 rings (SSSR count). The van der Waals surface area contributed by atoms with Crippen molar-refractivity contribution in [3.8, 4) is 6.07 Å². The van der Waals surface area contributed by atoms with Gasteiger partial charge in [0.25, 0.3) is 0 Å². The molecule has 0 N–H and O–H groups in total. The van der Waals surface area contributed by atoms with E-state index in [2.05, 4.69) is 31.9 Å². The molecule has 5 heteroatoms. The molecular weight excluding hydrogens is 449 g/mol. The number of hydrogen-bond acceptors (Lipinski definition) is 1. The summed E-state index contributed by atoms with van der Waals surface area (Å²) in [4.78, 5) is 0.